The van der Waals surface area contributed by atoms with Crippen molar-refractivity contribution in [3.63, 3.8) is 0 Å². The molecule has 0 amide bonds. The molecule has 0 aliphatic heterocycles. The summed E-state index contributed by atoms with van der Waals surface area (Å²) >= 11 is 4.11. The van der Waals surface area contributed by atoms with E-state index < -0.39 is 11.8 Å². The number of hydrogen-bond donors (Lipinski definition) is 0. The maximum atomic E-state index is 14.3. The van der Waals surface area contributed by atoms with Crippen LogP contribution in [0.4, 0.5) is 4.39 Å². The molecule has 4 heteroatoms. The van der Waals surface area contributed by atoms with Crippen LogP contribution in [0.3, 0.4) is 0 Å². The summed E-state index contributed by atoms with van der Waals surface area (Å²) in [5, 5.41) is 0. The average molecular weight is 588 g/mol. The Kier molecular flexibility index (Phi) is 7.97. The molecule has 3 saturated carbocycles. The Morgan fingerprint density at radius 2 is 1.84 bits per heavy atom. The van der Waals surface area contributed by atoms with Crippen molar-refractivity contribution in [2.24, 2.45) is 40.4 Å². The van der Waals surface area contributed by atoms with Gasteiger partial charge in [-0.05, 0) is 118 Å². The fraction of sp³-hybridized carbons (Fsp3) is 0.735. The van der Waals surface area contributed by atoms with E-state index in [0.717, 1.165) is 37.5 Å². The van der Waals surface area contributed by atoms with Gasteiger partial charge in [0.2, 0.25) is 0 Å². The summed E-state index contributed by atoms with van der Waals surface area (Å²) in [6.07, 6.45) is 12.6. The minimum absolute atomic E-state index is 0.200. The van der Waals surface area contributed by atoms with Crippen LogP contribution in [-0.2, 0) is 4.74 Å². The van der Waals surface area contributed by atoms with Crippen LogP contribution >= 0.6 is 15.9 Å². The van der Waals surface area contributed by atoms with Crippen LogP contribution in [0, 0.1) is 40.4 Å². The molecule has 2 nitrogen and oxygen atoms in total. The molecule has 1 unspecified atom stereocenters. The molecular formula is C34H48BrFO2. The molecule has 0 saturated heterocycles. The Morgan fingerprint density at radius 3 is 2.58 bits per heavy atom. The van der Waals surface area contributed by atoms with E-state index in [-0.39, 0.29) is 11.4 Å². The van der Waals surface area contributed by atoms with Gasteiger partial charge in [-0.3, -0.25) is 0 Å². The van der Waals surface area contributed by atoms with Crippen molar-refractivity contribution in [3.05, 3.63) is 47.5 Å². The second kappa shape index (κ2) is 10.7. The Balaban J connectivity index is 1.21. The lowest BCUT2D eigenvalue weighted by atomic mass is 9.47. The second-order valence-electron chi connectivity index (χ2n) is 14.3. The molecule has 0 spiro atoms. The summed E-state index contributed by atoms with van der Waals surface area (Å²) in [4.78, 5) is 13.0. The van der Waals surface area contributed by atoms with Crippen molar-refractivity contribution in [1.82, 2.24) is 0 Å². The quantitative estimate of drug-likeness (QED) is 0.180. The first-order chi connectivity index (χ1) is 17.9. The highest BCUT2D eigenvalue weighted by Gasteiger charge is 2.60. The molecule has 4 aliphatic rings. The number of carbonyl (C=O) groups excluding carboxylic acids is 1. The first-order valence-electron chi connectivity index (χ1n) is 15.2. The fourth-order valence-electron chi connectivity index (χ4n) is 9.52. The van der Waals surface area contributed by atoms with Crippen molar-refractivity contribution in [1.29, 1.82) is 0 Å². The van der Waals surface area contributed by atoms with Crippen molar-refractivity contribution >= 4 is 21.9 Å². The summed E-state index contributed by atoms with van der Waals surface area (Å²) in [5.41, 5.74) is 2.15. The lowest BCUT2D eigenvalue weighted by Crippen LogP contribution is -2.53. The Bertz CT molecular complexity index is 1040. The molecule has 0 heterocycles. The van der Waals surface area contributed by atoms with E-state index in [1.54, 1.807) is 0 Å². The van der Waals surface area contributed by atoms with Gasteiger partial charge < -0.3 is 4.74 Å². The van der Waals surface area contributed by atoms with Gasteiger partial charge in [0, 0.05) is 11.2 Å². The van der Waals surface area contributed by atoms with Gasteiger partial charge in [0.05, 0.1) is 5.56 Å². The predicted octanol–water partition coefficient (Wildman–Crippen LogP) is 9.72. The molecule has 38 heavy (non-hydrogen) atoms. The predicted molar refractivity (Wildman–Crippen MR) is 157 cm³/mol. The Labute approximate surface area is 238 Å². The Hall–Kier alpha value is -1.16. The summed E-state index contributed by atoms with van der Waals surface area (Å²) in [7, 11) is 0. The highest BCUT2D eigenvalue weighted by Crippen LogP contribution is 2.68. The van der Waals surface area contributed by atoms with Crippen molar-refractivity contribution < 1.29 is 13.9 Å². The molecule has 0 N–H and O–H groups in total. The SMILES string of the molecule is C[C@H](CCCC(C)(C)OC(=O)c1ccccc1)[C@H]1CC[C@H]2[C@@H]3C(Br)C=C4C[C@H](F)CC[C@]4(C)[C@H]3CC[C@]12C. The number of ether oxygens (including phenoxy) is 1. The van der Waals surface area contributed by atoms with E-state index in [1.165, 1.54) is 37.7 Å². The van der Waals surface area contributed by atoms with Crippen LogP contribution in [0.25, 0.3) is 0 Å². The van der Waals surface area contributed by atoms with E-state index in [9.17, 15) is 9.18 Å². The van der Waals surface area contributed by atoms with Gasteiger partial charge in [-0.2, -0.15) is 0 Å². The molecule has 1 aromatic rings. The van der Waals surface area contributed by atoms with Crippen LogP contribution in [0.1, 0.15) is 109 Å². The number of fused-ring (bicyclic) bond motifs is 5. The van der Waals surface area contributed by atoms with Crippen LogP contribution in [-0.4, -0.2) is 22.6 Å². The topological polar surface area (TPSA) is 26.3 Å². The van der Waals surface area contributed by atoms with Gasteiger partial charge in [0.15, 0.2) is 0 Å². The number of rotatable bonds is 7. The van der Waals surface area contributed by atoms with Gasteiger partial charge in [-0.25, -0.2) is 9.18 Å². The summed E-state index contributed by atoms with van der Waals surface area (Å²) in [6, 6.07) is 9.31. The van der Waals surface area contributed by atoms with Crippen LogP contribution in [0.15, 0.2) is 42.0 Å². The highest BCUT2D eigenvalue weighted by atomic mass is 79.9. The standard InChI is InChI=1S/C34H48BrFO2/c1-22(10-9-17-32(2,3)38-31(37)23-11-7-6-8-12-23)26-13-14-27-30-28(16-19-34(26,27)5)33(4)18-15-25(36)20-24(33)21-29(30)35/h6-8,11-12,21-22,25-30H,9-10,13-20H2,1-5H3/t22-,25-,26-,27+,28+,29?,30+,33+,34-/m1/s1. The van der Waals surface area contributed by atoms with Gasteiger partial charge >= 0.3 is 5.97 Å². The van der Waals surface area contributed by atoms with Crippen molar-refractivity contribution in [3.8, 4) is 0 Å². The van der Waals surface area contributed by atoms with Crippen LogP contribution in [0.2, 0.25) is 0 Å². The van der Waals surface area contributed by atoms with Crippen molar-refractivity contribution in [2.45, 2.75) is 115 Å². The van der Waals surface area contributed by atoms with E-state index in [4.69, 9.17) is 4.74 Å². The monoisotopic (exact) mass is 586 g/mol. The zero-order valence-electron chi connectivity index (χ0n) is 24.1. The third-order valence-corrected chi connectivity index (χ3v) is 12.5. The molecule has 0 aromatic heterocycles. The number of benzene rings is 1. The second-order valence-corrected chi connectivity index (χ2v) is 15.4. The number of allylic oxidation sites excluding steroid dienone is 2. The van der Waals surface area contributed by atoms with Gasteiger partial charge in [0.25, 0.3) is 0 Å². The third-order valence-electron chi connectivity index (χ3n) is 11.6. The lowest BCUT2D eigenvalue weighted by Gasteiger charge is -2.59. The van der Waals surface area contributed by atoms with Gasteiger partial charge in [0.1, 0.15) is 11.8 Å². The zero-order chi connectivity index (χ0) is 27.3. The number of halogens is 2. The molecule has 5 rings (SSSR count). The minimum atomic E-state index is -0.650. The number of carbonyl (C=O) groups is 1. The van der Waals surface area contributed by atoms with E-state index >= 15 is 0 Å². The normalized spacial score (nSPS) is 39.4. The number of hydrogen-bond acceptors (Lipinski definition) is 2. The van der Waals surface area contributed by atoms with Gasteiger partial charge in [-0.1, -0.05) is 73.0 Å². The van der Waals surface area contributed by atoms with E-state index in [1.807, 2.05) is 44.2 Å². The van der Waals surface area contributed by atoms with Crippen LogP contribution in [0.5, 0.6) is 0 Å². The molecule has 210 valence electrons. The molecule has 0 radical (unpaired) electrons. The first kappa shape index (κ1) is 28.4. The highest BCUT2D eigenvalue weighted by molar-refractivity contribution is 9.09. The third kappa shape index (κ3) is 5.17. The maximum Gasteiger partial charge on any atom is 0.338 e. The smallest absolute Gasteiger partial charge is 0.338 e. The lowest BCUT2D eigenvalue weighted by molar-refractivity contribution is -0.0511. The Morgan fingerprint density at radius 1 is 1.11 bits per heavy atom. The van der Waals surface area contributed by atoms with Crippen molar-refractivity contribution in [2.75, 3.05) is 0 Å². The molecule has 3 fully saturated rings. The van der Waals surface area contributed by atoms with Gasteiger partial charge in [-0.15, -0.1) is 0 Å². The molecular weight excluding hydrogens is 539 g/mol. The first-order valence-corrected chi connectivity index (χ1v) is 16.1. The fourth-order valence-corrected chi connectivity index (χ4v) is 10.6. The molecule has 0 bridgehead atoms. The summed E-state index contributed by atoms with van der Waals surface area (Å²) in [6.45, 7) is 11.6. The van der Waals surface area contributed by atoms with Crippen LogP contribution < -0.4 is 0 Å². The molecule has 4 aliphatic carbocycles. The molecule has 9 atom stereocenters. The summed E-state index contributed by atoms with van der Waals surface area (Å²) in [5.74, 6) is 3.30. The largest absolute Gasteiger partial charge is 0.456 e. The minimum Gasteiger partial charge on any atom is -0.456 e. The molecule has 1 aromatic carbocycles. The zero-order valence-corrected chi connectivity index (χ0v) is 25.7. The maximum absolute atomic E-state index is 14.3. The number of esters is 1. The summed E-state index contributed by atoms with van der Waals surface area (Å²) < 4.78 is 20.2. The number of alkyl halides is 2. The average Bonchev–Trinajstić information content (AvgIpc) is 3.22. The van der Waals surface area contributed by atoms with E-state index in [0.29, 0.717) is 40.0 Å². The van der Waals surface area contributed by atoms with E-state index in [2.05, 4.69) is 42.8 Å².